The molecule has 0 bridgehead atoms. The molecular formula is C14H20N4. The zero-order chi connectivity index (χ0) is 13.0. The van der Waals surface area contributed by atoms with Crippen molar-refractivity contribution in [3.05, 3.63) is 41.3 Å². The summed E-state index contributed by atoms with van der Waals surface area (Å²) in [6.45, 7) is 5.07. The number of rotatable bonds is 5. The quantitative estimate of drug-likeness (QED) is 0.878. The van der Waals surface area contributed by atoms with Gasteiger partial charge in [0, 0.05) is 24.5 Å². The van der Waals surface area contributed by atoms with Gasteiger partial charge in [-0.05, 0) is 25.0 Å². The van der Waals surface area contributed by atoms with E-state index in [0.717, 1.165) is 30.9 Å². The Morgan fingerprint density at radius 3 is 2.78 bits per heavy atom. The maximum atomic E-state index is 4.63. The van der Waals surface area contributed by atoms with Gasteiger partial charge in [0.2, 0.25) is 0 Å². The number of pyridine rings is 1. The second-order valence-corrected chi connectivity index (χ2v) is 4.25. The van der Waals surface area contributed by atoms with Gasteiger partial charge in [-0.15, -0.1) is 0 Å². The minimum atomic E-state index is 0.771. The third-order valence-electron chi connectivity index (χ3n) is 3.09. The maximum Gasteiger partial charge on any atom is 0.130 e. The van der Waals surface area contributed by atoms with Crippen LogP contribution < -0.4 is 5.32 Å². The molecule has 0 saturated heterocycles. The third kappa shape index (κ3) is 2.53. The molecule has 0 spiro atoms. The minimum Gasteiger partial charge on any atom is -0.373 e. The summed E-state index contributed by atoms with van der Waals surface area (Å²) in [4.78, 5) is 4.32. The van der Waals surface area contributed by atoms with Crippen molar-refractivity contribution >= 4 is 5.82 Å². The van der Waals surface area contributed by atoms with Crippen molar-refractivity contribution in [3.63, 3.8) is 0 Å². The lowest BCUT2D eigenvalue weighted by molar-refractivity contribution is 0.640. The van der Waals surface area contributed by atoms with E-state index in [-0.39, 0.29) is 0 Å². The summed E-state index contributed by atoms with van der Waals surface area (Å²) in [5, 5.41) is 7.75. The molecule has 0 aromatic carbocycles. The van der Waals surface area contributed by atoms with Gasteiger partial charge in [0.05, 0.1) is 12.2 Å². The summed E-state index contributed by atoms with van der Waals surface area (Å²) >= 11 is 0. The van der Waals surface area contributed by atoms with Crippen molar-refractivity contribution < 1.29 is 0 Å². The summed E-state index contributed by atoms with van der Waals surface area (Å²) in [5.41, 5.74) is 3.60. The van der Waals surface area contributed by atoms with Crippen LogP contribution in [-0.4, -0.2) is 21.8 Å². The van der Waals surface area contributed by atoms with Gasteiger partial charge in [-0.25, -0.2) is 4.98 Å². The van der Waals surface area contributed by atoms with E-state index in [1.54, 1.807) is 6.20 Å². The normalized spacial score (nSPS) is 10.6. The molecule has 4 nitrogen and oxygen atoms in total. The summed E-state index contributed by atoms with van der Waals surface area (Å²) in [6.07, 6.45) is 3.78. The molecule has 18 heavy (non-hydrogen) atoms. The van der Waals surface area contributed by atoms with Crippen LogP contribution in [0.5, 0.6) is 0 Å². The van der Waals surface area contributed by atoms with Gasteiger partial charge in [-0.3, -0.25) is 4.68 Å². The van der Waals surface area contributed by atoms with Crippen LogP contribution in [0.1, 0.15) is 30.8 Å². The molecule has 4 heteroatoms. The number of anilines is 1. The van der Waals surface area contributed by atoms with Crippen LogP contribution in [0, 0.1) is 0 Å². The Labute approximate surface area is 108 Å². The van der Waals surface area contributed by atoms with Gasteiger partial charge in [-0.1, -0.05) is 19.9 Å². The summed E-state index contributed by atoms with van der Waals surface area (Å²) in [6, 6.07) is 6.24. The van der Waals surface area contributed by atoms with E-state index in [2.05, 4.69) is 46.1 Å². The smallest absolute Gasteiger partial charge is 0.130 e. The van der Waals surface area contributed by atoms with Crippen LogP contribution in [0.15, 0.2) is 24.4 Å². The van der Waals surface area contributed by atoms with E-state index < -0.39 is 0 Å². The molecule has 0 fully saturated rings. The average Bonchev–Trinajstić information content (AvgIpc) is 2.81. The van der Waals surface area contributed by atoms with E-state index in [0.29, 0.717) is 0 Å². The van der Waals surface area contributed by atoms with Crippen molar-refractivity contribution in [1.82, 2.24) is 14.8 Å². The lowest BCUT2D eigenvalue weighted by atomic mass is 10.2. The van der Waals surface area contributed by atoms with Crippen LogP contribution >= 0.6 is 0 Å². The van der Waals surface area contributed by atoms with E-state index in [1.807, 2.05) is 13.1 Å². The van der Waals surface area contributed by atoms with Crippen molar-refractivity contribution in [2.45, 2.75) is 33.2 Å². The number of aromatic nitrogens is 3. The standard InChI is InChI=1S/C14H20N4/c1-4-12-9-13(5-2)18(17-12)10-11-7-6-8-16-14(11)15-3/h6-9H,4-5,10H2,1-3H3,(H,15,16). The first-order chi connectivity index (χ1) is 8.78. The molecule has 0 radical (unpaired) electrons. The lowest BCUT2D eigenvalue weighted by Crippen LogP contribution is -2.08. The Balaban J connectivity index is 2.30. The second kappa shape index (κ2) is 5.67. The summed E-state index contributed by atoms with van der Waals surface area (Å²) in [5.74, 6) is 0.924. The SMILES string of the molecule is CCc1cc(CC)n(Cc2cccnc2NC)n1. The van der Waals surface area contributed by atoms with Crippen LogP contribution in [0.2, 0.25) is 0 Å². The molecule has 2 aromatic heterocycles. The van der Waals surface area contributed by atoms with E-state index in [4.69, 9.17) is 0 Å². The van der Waals surface area contributed by atoms with Crippen molar-refractivity contribution in [2.24, 2.45) is 0 Å². The zero-order valence-corrected chi connectivity index (χ0v) is 11.3. The van der Waals surface area contributed by atoms with Crippen molar-refractivity contribution in [2.75, 3.05) is 12.4 Å². The predicted octanol–water partition coefficient (Wildman–Crippen LogP) is 2.49. The summed E-state index contributed by atoms with van der Waals surface area (Å²) < 4.78 is 2.08. The van der Waals surface area contributed by atoms with Crippen LogP contribution in [-0.2, 0) is 19.4 Å². The lowest BCUT2D eigenvalue weighted by Gasteiger charge is -2.09. The van der Waals surface area contributed by atoms with Gasteiger partial charge < -0.3 is 5.32 Å². The molecule has 96 valence electrons. The van der Waals surface area contributed by atoms with Gasteiger partial charge >= 0.3 is 0 Å². The molecule has 0 aliphatic rings. The van der Waals surface area contributed by atoms with E-state index >= 15 is 0 Å². The molecule has 1 N–H and O–H groups in total. The van der Waals surface area contributed by atoms with Crippen LogP contribution in [0.25, 0.3) is 0 Å². The zero-order valence-electron chi connectivity index (χ0n) is 11.3. The fraction of sp³-hybridized carbons (Fsp3) is 0.429. The van der Waals surface area contributed by atoms with Crippen LogP contribution in [0.3, 0.4) is 0 Å². The molecule has 0 saturated carbocycles. The third-order valence-corrected chi connectivity index (χ3v) is 3.09. The monoisotopic (exact) mass is 244 g/mol. The molecule has 0 atom stereocenters. The molecule has 0 unspecified atom stereocenters. The van der Waals surface area contributed by atoms with Gasteiger partial charge in [0.25, 0.3) is 0 Å². The highest BCUT2D eigenvalue weighted by Gasteiger charge is 2.08. The largest absolute Gasteiger partial charge is 0.373 e. The minimum absolute atomic E-state index is 0.771. The molecule has 2 rings (SSSR count). The molecule has 2 aromatic rings. The topological polar surface area (TPSA) is 42.7 Å². The van der Waals surface area contributed by atoms with Crippen molar-refractivity contribution in [1.29, 1.82) is 0 Å². The number of aryl methyl sites for hydroxylation is 2. The first-order valence-corrected chi connectivity index (χ1v) is 6.45. The molecule has 0 aliphatic carbocycles. The molecule has 0 aliphatic heterocycles. The Morgan fingerprint density at radius 1 is 1.28 bits per heavy atom. The Morgan fingerprint density at radius 2 is 2.11 bits per heavy atom. The first-order valence-electron chi connectivity index (χ1n) is 6.45. The predicted molar refractivity (Wildman–Crippen MR) is 73.9 cm³/mol. The summed E-state index contributed by atoms with van der Waals surface area (Å²) in [7, 11) is 1.90. The highest BCUT2D eigenvalue weighted by Crippen LogP contribution is 2.15. The van der Waals surface area contributed by atoms with E-state index in [1.165, 1.54) is 11.3 Å². The second-order valence-electron chi connectivity index (χ2n) is 4.25. The van der Waals surface area contributed by atoms with Crippen LogP contribution in [0.4, 0.5) is 5.82 Å². The Bertz CT molecular complexity index is 516. The molecule has 2 heterocycles. The van der Waals surface area contributed by atoms with Gasteiger partial charge in [0.15, 0.2) is 0 Å². The first kappa shape index (κ1) is 12.6. The number of hydrogen-bond acceptors (Lipinski definition) is 3. The molecule has 0 amide bonds. The number of nitrogens with zero attached hydrogens (tertiary/aromatic N) is 3. The van der Waals surface area contributed by atoms with Crippen molar-refractivity contribution in [3.8, 4) is 0 Å². The maximum absolute atomic E-state index is 4.63. The number of hydrogen-bond donors (Lipinski definition) is 1. The highest BCUT2D eigenvalue weighted by atomic mass is 15.3. The van der Waals surface area contributed by atoms with Gasteiger partial charge in [0.1, 0.15) is 5.82 Å². The number of nitrogens with one attached hydrogen (secondary N) is 1. The van der Waals surface area contributed by atoms with Gasteiger partial charge in [-0.2, -0.15) is 5.10 Å². The average molecular weight is 244 g/mol. The Hall–Kier alpha value is -1.84. The van der Waals surface area contributed by atoms with E-state index in [9.17, 15) is 0 Å². The molecular weight excluding hydrogens is 224 g/mol. The fourth-order valence-electron chi connectivity index (χ4n) is 2.06. The highest BCUT2D eigenvalue weighted by molar-refractivity contribution is 5.43. The Kier molecular flexibility index (Phi) is 3.97. The fourth-order valence-corrected chi connectivity index (χ4v) is 2.06.